The third-order valence-electron chi connectivity index (χ3n) is 6.08. The molecule has 0 bridgehead atoms. The van der Waals surface area contributed by atoms with Crippen LogP contribution < -0.4 is 5.32 Å². The predicted molar refractivity (Wildman–Crippen MR) is 114 cm³/mol. The Morgan fingerprint density at radius 3 is 2.48 bits per heavy atom. The van der Waals surface area contributed by atoms with E-state index in [0.29, 0.717) is 6.04 Å². The fourth-order valence-electron chi connectivity index (χ4n) is 4.05. The Labute approximate surface area is 171 Å². The molecule has 1 aromatic heterocycles. The number of aromatic amines is 1. The van der Waals surface area contributed by atoms with Crippen LogP contribution >= 0.6 is 0 Å². The molecule has 1 aliphatic heterocycles. The molecule has 0 saturated heterocycles. The number of nitrogens with one attached hydrogen (secondary N) is 2. The Bertz CT molecular complexity index is 1010. The van der Waals surface area contributed by atoms with Gasteiger partial charge in [-0.25, -0.2) is 0 Å². The highest BCUT2D eigenvalue weighted by Gasteiger charge is 2.31. The number of hydrogen-bond donors (Lipinski definition) is 2. The van der Waals surface area contributed by atoms with E-state index in [1.165, 1.54) is 22.4 Å². The summed E-state index contributed by atoms with van der Waals surface area (Å²) in [7, 11) is 0. The lowest BCUT2D eigenvalue weighted by molar-refractivity contribution is -0.126. The van der Waals surface area contributed by atoms with Crippen molar-refractivity contribution in [1.82, 2.24) is 20.4 Å². The van der Waals surface area contributed by atoms with Crippen molar-refractivity contribution < 1.29 is 4.79 Å². The highest BCUT2D eigenvalue weighted by Crippen LogP contribution is 2.31. The molecule has 1 atom stereocenters. The van der Waals surface area contributed by atoms with Gasteiger partial charge < -0.3 is 5.32 Å². The van der Waals surface area contributed by atoms with E-state index in [1.54, 1.807) is 0 Å². The first-order valence-electron chi connectivity index (χ1n) is 10.5. The van der Waals surface area contributed by atoms with Crippen LogP contribution in [0, 0.1) is 0 Å². The van der Waals surface area contributed by atoms with E-state index in [9.17, 15) is 4.79 Å². The van der Waals surface area contributed by atoms with Crippen LogP contribution in [0.15, 0.2) is 54.6 Å². The van der Waals surface area contributed by atoms with Crippen molar-refractivity contribution in [3.05, 3.63) is 65.9 Å². The highest BCUT2D eigenvalue weighted by molar-refractivity contribution is 5.82. The van der Waals surface area contributed by atoms with Crippen molar-refractivity contribution >= 4 is 5.91 Å². The van der Waals surface area contributed by atoms with Gasteiger partial charge in [-0.15, -0.1) is 0 Å². The van der Waals surface area contributed by atoms with Crippen molar-refractivity contribution in [2.24, 2.45) is 0 Å². The molecular formula is C24H26N4O. The Balaban J connectivity index is 1.36. The summed E-state index contributed by atoms with van der Waals surface area (Å²) < 4.78 is 0. The smallest absolute Gasteiger partial charge is 0.237 e. The SMILES string of the molecule is C[C@H](C(=O)NC1CC1)N1CCc2[nH]nc(-c3ccc(-c4ccccc4)cc3)c2C1. The van der Waals surface area contributed by atoms with Crippen molar-refractivity contribution in [2.75, 3.05) is 6.54 Å². The van der Waals surface area contributed by atoms with Gasteiger partial charge >= 0.3 is 0 Å². The van der Waals surface area contributed by atoms with Gasteiger partial charge in [0.05, 0.1) is 11.7 Å². The zero-order chi connectivity index (χ0) is 19.8. The summed E-state index contributed by atoms with van der Waals surface area (Å²) in [5.41, 5.74) is 6.93. The Morgan fingerprint density at radius 1 is 1.07 bits per heavy atom. The van der Waals surface area contributed by atoms with Gasteiger partial charge in [-0.2, -0.15) is 5.10 Å². The zero-order valence-electron chi connectivity index (χ0n) is 16.7. The van der Waals surface area contributed by atoms with E-state index in [0.717, 1.165) is 43.6 Å². The number of carbonyl (C=O) groups excluding carboxylic acids is 1. The van der Waals surface area contributed by atoms with Crippen LogP contribution in [-0.4, -0.2) is 39.6 Å². The van der Waals surface area contributed by atoms with E-state index in [2.05, 4.69) is 68.9 Å². The molecule has 1 fully saturated rings. The third kappa shape index (κ3) is 3.70. The third-order valence-corrected chi connectivity index (χ3v) is 6.08. The average Bonchev–Trinajstić information content (AvgIpc) is 3.49. The van der Waals surface area contributed by atoms with Crippen molar-refractivity contribution in [1.29, 1.82) is 0 Å². The van der Waals surface area contributed by atoms with Crippen LogP contribution in [0.25, 0.3) is 22.4 Å². The number of H-pyrrole nitrogens is 1. The van der Waals surface area contributed by atoms with Gasteiger partial charge in [0, 0.05) is 42.4 Å². The summed E-state index contributed by atoms with van der Waals surface area (Å²) in [4.78, 5) is 14.8. The molecule has 3 aromatic rings. The lowest BCUT2D eigenvalue weighted by Gasteiger charge is -2.31. The maximum absolute atomic E-state index is 12.5. The molecular weight excluding hydrogens is 360 g/mol. The molecule has 1 saturated carbocycles. The number of amides is 1. The number of fused-ring (bicyclic) bond motifs is 1. The molecule has 29 heavy (non-hydrogen) atoms. The molecule has 2 heterocycles. The fourth-order valence-corrected chi connectivity index (χ4v) is 4.05. The van der Waals surface area contributed by atoms with Crippen molar-refractivity contribution in [2.45, 2.75) is 44.8 Å². The maximum Gasteiger partial charge on any atom is 0.237 e. The number of benzene rings is 2. The topological polar surface area (TPSA) is 61.0 Å². The lowest BCUT2D eigenvalue weighted by atomic mass is 9.98. The van der Waals surface area contributed by atoms with Crippen LogP contribution in [0.3, 0.4) is 0 Å². The largest absolute Gasteiger partial charge is 0.352 e. The minimum atomic E-state index is -0.119. The molecule has 2 aromatic carbocycles. The molecule has 1 aliphatic carbocycles. The first kappa shape index (κ1) is 18.1. The van der Waals surface area contributed by atoms with Gasteiger partial charge in [0.15, 0.2) is 0 Å². The zero-order valence-corrected chi connectivity index (χ0v) is 16.7. The first-order chi connectivity index (χ1) is 14.2. The average molecular weight is 386 g/mol. The predicted octanol–water partition coefficient (Wildman–Crippen LogP) is 3.77. The van der Waals surface area contributed by atoms with E-state index in [-0.39, 0.29) is 11.9 Å². The molecule has 5 heteroatoms. The summed E-state index contributed by atoms with van der Waals surface area (Å²) >= 11 is 0. The summed E-state index contributed by atoms with van der Waals surface area (Å²) in [5.74, 6) is 0.146. The molecule has 2 aliphatic rings. The first-order valence-corrected chi connectivity index (χ1v) is 10.5. The monoisotopic (exact) mass is 386 g/mol. The normalized spacial score (nSPS) is 17.6. The van der Waals surface area contributed by atoms with Gasteiger partial charge in [-0.3, -0.25) is 14.8 Å². The standard InChI is InChI=1S/C24H26N4O/c1-16(24(29)25-20-11-12-20)28-14-13-22-21(15-28)23(27-26-22)19-9-7-18(8-10-19)17-5-3-2-4-6-17/h2-10,16,20H,11-15H2,1H3,(H,25,29)(H,26,27)/t16-/m1/s1. The van der Waals surface area contributed by atoms with Gasteiger partial charge in [0.2, 0.25) is 5.91 Å². The van der Waals surface area contributed by atoms with Gasteiger partial charge in [0.25, 0.3) is 0 Å². The Morgan fingerprint density at radius 2 is 1.76 bits per heavy atom. The van der Waals surface area contributed by atoms with Crippen molar-refractivity contribution in [3.63, 3.8) is 0 Å². The molecule has 148 valence electrons. The number of hydrogen-bond acceptors (Lipinski definition) is 3. The summed E-state index contributed by atoms with van der Waals surface area (Å²) in [6, 6.07) is 19.3. The van der Waals surface area contributed by atoms with Crippen LogP contribution in [0.1, 0.15) is 31.0 Å². The molecule has 1 amide bonds. The molecule has 0 radical (unpaired) electrons. The minimum absolute atomic E-state index is 0.119. The quantitative estimate of drug-likeness (QED) is 0.702. The van der Waals surface area contributed by atoms with Crippen LogP contribution in [0.5, 0.6) is 0 Å². The second kappa shape index (κ2) is 7.48. The molecule has 5 rings (SSSR count). The van der Waals surface area contributed by atoms with Gasteiger partial charge in [0.1, 0.15) is 0 Å². The molecule has 5 nitrogen and oxygen atoms in total. The lowest BCUT2D eigenvalue weighted by Crippen LogP contribution is -2.47. The Kier molecular flexibility index (Phi) is 4.68. The van der Waals surface area contributed by atoms with Crippen molar-refractivity contribution in [3.8, 4) is 22.4 Å². The highest BCUT2D eigenvalue weighted by atomic mass is 16.2. The minimum Gasteiger partial charge on any atom is -0.352 e. The van der Waals surface area contributed by atoms with Crippen LogP contribution in [0.4, 0.5) is 0 Å². The number of nitrogens with zero attached hydrogens (tertiary/aromatic N) is 2. The van der Waals surface area contributed by atoms with Gasteiger partial charge in [-0.05, 0) is 30.9 Å². The number of aromatic nitrogens is 2. The van der Waals surface area contributed by atoms with E-state index in [1.807, 2.05) is 13.0 Å². The second-order valence-corrected chi connectivity index (χ2v) is 8.15. The van der Waals surface area contributed by atoms with E-state index < -0.39 is 0 Å². The maximum atomic E-state index is 12.5. The second-order valence-electron chi connectivity index (χ2n) is 8.15. The van der Waals surface area contributed by atoms with E-state index >= 15 is 0 Å². The molecule has 0 spiro atoms. The number of rotatable bonds is 5. The fraction of sp³-hybridized carbons (Fsp3) is 0.333. The van der Waals surface area contributed by atoms with E-state index in [4.69, 9.17) is 0 Å². The van der Waals surface area contributed by atoms with Gasteiger partial charge in [-0.1, -0.05) is 54.6 Å². The molecule has 2 N–H and O–H groups in total. The number of carbonyl (C=O) groups is 1. The Hall–Kier alpha value is -2.92. The summed E-state index contributed by atoms with van der Waals surface area (Å²) in [6.07, 6.45) is 3.13. The molecule has 0 unspecified atom stereocenters. The summed E-state index contributed by atoms with van der Waals surface area (Å²) in [5, 5.41) is 11.0. The summed E-state index contributed by atoms with van der Waals surface area (Å²) in [6.45, 7) is 3.64. The van der Waals surface area contributed by atoms with Crippen LogP contribution in [0.2, 0.25) is 0 Å². The van der Waals surface area contributed by atoms with Crippen LogP contribution in [-0.2, 0) is 17.8 Å².